The number of aliphatic hydroxyl groups is 2. The molecule has 0 aliphatic carbocycles. The summed E-state index contributed by atoms with van der Waals surface area (Å²) in [7, 11) is 0. The van der Waals surface area contributed by atoms with Gasteiger partial charge < -0.3 is 10.2 Å². The standard InChI is InChI=1S/C9H16N2O2S/c12-4-1-2-11(3-5-13)6-9-7-14-8-10-9/h7-8,12-13H,1-6H2. The molecule has 0 saturated heterocycles. The van der Waals surface area contributed by atoms with E-state index in [1.807, 2.05) is 5.38 Å². The number of aliphatic hydroxyl groups excluding tert-OH is 2. The van der Waals surface area contributed by atoms with Gasteiger partial charge in [0, 0.05) is 31.6 Å². The molecule has 0 unspecified atom stereocenters. The largest absolute Gasteiger partial charge is 0.396 e. The highest BCUT2D eigenvalue weighted by Gasteiger charge is 2.05. The first-order valence-corrected chi connectivity index (χ1v) is 5.62. The summed E-state index contributed by atoms with van der Waals surface area (Å²) in [4.78, 5) is 6.27. The Balaban J connectivity index is 2.34. The second-order valence-corrected chi connectivity index (χ2v) is 3.78. The normalized spacial score (nSPS) is 11.1. The fourth-order valence-corrected chi connectivity index (χ4v) is 1.80. The van der Waals surface area contributed by atoms with E-state index in [0.717, 1.165) is 25.2 Å². The predicted octanol–water partition coefficient (Wildman–Crippen LogP) is 0.320. The molecule has 1 rings (SSSR count). The Morgan fingerprint density at radius 2 is 2.14 bits per heavy atom. The summed E-state index contributed by atoms with van der Waals surface area (Å²) in [5, 5.41) is 19.6. The van der Waals surface area contributed by atoms with Gasteiger partial charge in [0.15, 0.2) is 0 Å². The third-order valence-electron chi connectivity index (χ3n) is 1.92. The fourth-order valence-electron chi connectivity index (χ4n) is 1.25. The van der Waals surface area contributed by atoms with Crippen LogP contribution < -0.4 is 0 Å². The number of hydrogen-bond acceptors (Lipinski definition) is 5. The van der Waals surface area contributed by atoms with E-state index in [2.05, 4.69) is 9.88 Å². The van der Waals surface area contributed by atoms with Gasteiger partial charge in [-0.05, 0) is 6.42 Å². The first kappa shape index (κ1) is 11.6. The van der Waals surface area contributed by atoms with Gasteiger partial charge >= 0.3 is 0 Å². The topological polar surface area (TPSA) is 56.6 Å². The second-order valence-electron chi connectivity index (χ2n) is 3.06. The molecule has 0 bridgehead atoms. The van der Waals surface area contributed by atoms with Gasteiger partial charge in [0.25, 0.3) is 0 Å². The number of aromatic nitrogens is 1. The third kappa shape index (κ3) is 4.15. The Bertz CT molecular complexity index is 229. The van der Waals surface area contributed by atoms with Crippen molar-refractivity contribution in [3.05, 3.63) is 16.6 Å². The van der Waals surface area contributed by atoms with Crippen molar-refractivity contribution in [2.24, 2.45) is 0 Å². The average molecular weight is 216 g/mol. The summed E-state index contributed by atoms with van der Waals surface area (Å²) in [6.07, 6.45) is 0.740. The van der Waals surface area contributed by atoms with E-state index in [4.69, 9.17) is 10.2 Å². The molecule has 0 spiro atoms. The van der Waals surface area contributed by atoms with Gasteiger partial charge in [0.05, 0.1) is 17.8 Å². The van der Waals surface area contributed by atoms with Gasteiger partial charge in [-0.15, -0.1) is 11.3 Å². The fraction of sp³-hybridized carbons (Fsp3) is 0.667. The number of rotatable bonds is 7. The lowest BCUT2D eigenvalue weighted by molar-refractivity contribution is 0.173. The lowest BCUT2D eigenvalue weighted by Gasteiger charge is -2.19. The van der Waals surface area contributed by atoms with Crippen LogP contribution in [-0.2, 0) is 6.54 Å². The van der Waals surface area contributed by atoms with Crippen molar-refractivity contribution in [1.82, 2.24) is 9.88 Å². The van der Waals surface area contributed by atoms with Crippen molar-refractivity contribution in [1.29, 1.82) is 0 Å². The van der Waals surface area contributed by atoms with Crippen molar-refractivity contribution >= 4 is 11.3 Å². The minimum atomic E-state index is 0.148. The van der Waals surface area contributed by atoms with Crippen LogP contribution >= 0.6 is 11.3 Å². The highest BCUT2D eigenvalue weighted by Crippen LogP contribution is 2.05. The van der Waals surface area contributed by atoms with Gasteiger partial charge in [-0.2, -0.15) is 0 Å². The minimum Gasteiger partial charge on any atom is -0.396 e. The van der Waals surface area contributed by atoms with Crippen molar-refractivity contribution in [3.63, 3.8) is 0 Å². The van der Waals surface area contributed by atoms with Crippen LogP contribution in [0.4, 0.5) is 0 Å². The van der Waals surface area contributed by atoms with Gasteiger partial charge in [-0.3, -0.25) is 4.90 Å². The number of nitrogens with zero attached hydrogens (tertiary/aromatic N) is 2. The molecule has 14 heavy (non-hydrogen) atoms. The Hall–Kier alpha value is -0.490. The van der Waals surface area contributed by atoms with Crippen LogP contribution in [0.2, 0.25) is 0 Å². The first-order chi connectivity index (χ1) is 6.86. The summed E-state index contributed by atoms with van der Waals surface area (Å²) in [6.45, 7) is 2.53. The van der Waals surface area contributed by atoms with Crippen molar-refractivity contribution in [2.75, 3.05) is 26.3 Å². The molecule has 5 heteroatoms. The molecular formula is C9H16N2O2S. The lowest BCUT2D eigenvalue weighted by Crippen LogP contribution is -2.28. The van der Waals surface area contributed by atoms with E-state index < -0.39 is 0 Å². The monoisotopic (exact) mass is 216 g/mol. The Morgan fingerprint density at radius 1 is 1.29 bits per heavy atom. The summed E-state index contributed by atoms with van der Waals surface area (Å²) in [5.41, 5.74) is 2.83. The quantitative estimate of drug-likeness (QED) is 0.689. The molecule has 80 valence electrons. The van der Waals surface area contributed by atoms with Crippen molar-refractivity contribution in [2.45, 2.75) is 13.0 Å². The molecule has 0 amide bonds. The zero-order valence-corrected chi connectivity index (χ0v) is 8.91. The van der Waals surface area contributed by atoms with Crippen LogP contribution in [0.5, 0.6) is 0 Å². The molecule has 0 aliphatic heterocycles. The molecule has 0 radical (unpaired) electrons. The Labute approximate surface area is 87.8 Å². The maximum absolute atomic E-state index is 8.84. The van der Waals surface area contributed by atoms with Crippen molar-refractivity contribution in [3.8, 4) is 0 Å². The van der Waals surface area contributed by atoms with Crippen LogP contribution in [0.3, 0.4) is 0 Å². The van der Waals surface area contributed by atoms with E-state index >= 15 is 0 Å². The first-order valence-electron chi connectivity index (χ1n) is 4.68. The van der Waals surface area contributed by atoms with Crippen LogP contribution in [-0.4, -0.2) is 46.4 Å². The maximum Gasteiger partial charge on any atom is 0.0795 e. The molecule has 1 aromatic rings. The SMILES string of the molecule is OCCCN(CCO)Cc1cscn1. The molecule has 2 N–H and O–H groups in total. The molecule has 0 aliphatic rings. The average Bonchev–Trinajstić information content (AvgIpc) is 2.67. The summed E-state index contributed by atoms with van der Waals surface area (Å²) in [5.74, 6) is 0. The zero-order chi connectivity index (χ0) is 10.2. The van der Waals surface area contributed by atoms with E-state index in [9.17, 15) is 0 Å². The number of thiazole rings is 1. The molecule has 0 saturated carbocycles. The second kappa shape index (κ2) is 6.89. The van der Waals surface area contributed by atoms with E-state index in [1.54, 1.807) is 16.8 Å². The summed E-state index contributed by atoms with van der Waals surface area (Å²) in [6, 6.07) is 0. The zero-order valence-electron chi connectivity index (χ0n) is 8.09. The maximum atomic E-state index is 8.84. The molecule has 1 aromatic heterocycles. The summed E-state index contributed by atoms with van der Waals surface area (Å²) >= 11 is 1.57. The predicted molar refractivity (Wildman–Crippen MR) is 56.2 cm³/mol. The third-order valence-corrected chi connectivity index (χ3v) is 2.55. The molecule has 4 nitrogen and oxygen atoms in total. The highest BCUT2D eigenvalue weighted by atomic mass is 32.1. The summed E-state index contributed by atoms with van der Waals surface area (Å²) < 4.78 is 0. The van der Waals surface area contributed by atoms with Crippen LogP contribution in [0.15, 0.2) is 10.9 Å². The molecular weight excluding hydrogens is 200 g/mol. The number of hydrogen-bond donors (Lipinski definition) is 2. The highest BCUT2D eigenvalue weighted by molar-refractivity contribution is 7.07. The van der Waals surface area contributed by atoms with Gasteiger partial charge in [0.2, 0.25) is 0 Å². The van der Waals surface area contributed by atoms with Crippen LogP contribution in [0, 0.1) is 0 Å². The molecule has 1 heterocycles. The van der Waals surface area contributed by atoms with Crippen molar-refractivity contribution < 1.29 is 10.2 Å². The van der Waals surface area contributed by atoms with Gasteiger partial charge in [0.1, 0.15) is 0 Å². The smallest absolute Gasteiger partial charge is 0.0795 e. The Morgan fingerprint density at radius 3 is 2.71 bits per heavy atom. The van der Waals surface area contributed by atoms with Gasteiger partial charge in [-0.25, -0.2) is 4.98 Å². The van der Waals surface area contributed by atoms with E-state index in [0.29, 0.717) is 6.54 Å². The molecule has 0 fully saturated rings. The van der Waals surface area contributed by atoms with Crippen LogP contribution in [0.25, 0.3) is 0 Å². The van der Waals surface area contributed by atoms with Gasteiger partial charge in [-0.1, -0.05) is 0 Å². The lowest BCUT2D eigenvalue weighted by atomic mass is 10.3. The van der Waals surface area contributed by atoms with E-state index in [1.165, 1.54) is 0 Å². The van der Waals surface area contributed by atoms with Crippen LogP contribution in [0.1, 0.15) is 12.1 Å². The molecule has 0 atom stereocenters. The molecule has 0 aromatic carbocycles. The minimum absolute atomic E-state index is 0.148. The Kier molecular flexibility index (Phi) is 5.70. The van der Waals surface area contributed by atoms with E-state index in [-0.39, 0.29) is 13.2 Å².